The molecule has 170 valence electrons. The van der Waals surface area contributed by atoms with Gasteiger partial charge in [0.25, 0.3) is 5.91 Å². The average molecular weight is 455 g/mol. The number of ketones is 1. The number of anilines is 1. The van der Waals surface area contributed by atoms with Gasteiger partial charge in [0.2, 0.25) is 0 Å². The topological polar surface area (TPSA) is 94.6 Å². The molecule has 1 aliphatic rings. The highest BCUT2D eigenvalue weighted by Gasteiger charge is 2.12. The fraction of sp³-hybridized carbons (Fsp3) is 0.292. The van der Waals surface area contributed by atoms with Gasteiger partial charge in [-0.25, -0.2) is 4.98 Å². The summed E-state index contributed by atoms with van der Waals surface area (Å²) < 4.78 is 0. The van der Waals surface area contributed by atoms with Crippen LogP contribution in [0.1, 0.15) is 41.6 Å². The molecule has 1 fully saturated rings. The van der Waals surface area contributed by atoms with Crippen molar-refractivity contribution in [2.75, 3.05) is 31.5 Å². The molecule has 7 nitrogen and oxygen atoms in total. The Morgan fingerprint density at radius 2 is 2.00 bits per heavy atom. The number of amides is 1. The summed E-state index contributed by atoms with van der Waals surface area (Å²) in [6, 6.07) is 5.99. The number of allylic oxidation sites excluding steroid dienone is 4. The highest BCUT2D eigenvalue weighted by molar-refractivity contribution is 7.14. The molecule has 0 saturated carbocycles. The molecule has 0 radical (unpaired) electrons. The molecule has 0 bridgehead atoms. The number of thiazole rings is 1. The number of carbonyl (C=O) groups excluding carboxylic acids is 2. The predicted octanol–water partition coefficient (Wildman–Crippen LogP) is 4.23. The zero-order valence-corrected chi connectivity index (χ0v) is 19.5. The van der Waals surface area contributed by atoms with Gasteiger partial charge in [-0.1, -0.05) is 24.8 Å². The Bertz CT molecular complexity index is 1000. The highest BCUT2D eigenvalue weighted by Crippen LogP contribution is 2.18. The maximum absolute atomic E-state index is 11.8. The number of nitrogens with one attached hydrogen (secondary N) is 2. The second kappa shape index (κ2) is 12.6. The van der Waals surface area contributed by atoms with Crippen LogP contribution in [0.4, 0.5) is 5.13 Å². The smallest absolute Gasteiger partial charge is 0.257 e. The Labute approximate surface area is 193 Å². The number of Topliss-reactive ketones (excluding diaryl/α,β-unsaturated/α-hetero) is 1. The number of piperazine rings is 1. The minimum Gasteiger partial charge on any atom is -0.508 e. The molecule has 1 amide bonds. The third-order valence-corrected chi connectivity index (χ3v) is 5.44. The maximum Gasteiger partial charge on any atom is 0.257 e. The molecule has 3 N–H and O–H groups in total. The Morgan fingerprint density at radius 3 is 2.56 bits per heavy atom. The van der Waals surface area contributed by atoms with E-state index in [1.54, 1.807) is 17.5 Å². The lowest BCUT2D eigenvalue weighted by atomic mass is 10.1. The lowest BCUT2D eigenvalue weighted by Gasteiger charge is -2.31. The average Bonchev–Trinajstić information content (AvgIpc) is 3.27. The second-order valence-corrected chi connectivity index (χ2v) is 7.97. The van der Waals surface area contributed by atoms with E-state index in [0.29, 0.717) is 16.4 Å². The van der Waals surface area contributed by atoms with E-state index in [9.17, 15) is 14.7 Å². The SMILES string of the molecule is C=C/C(C)=C(\C=C/C)N1CCNCC1.CC(=O)c1csc(NC(=O)c2cccc(O)c2)n1. The van der Waals surface area contributed by atoms with Gasteiger partial charge in [-0.05, 0) is 43.7 Å². The summed E-state index contributed by atoms with van der Waals surface area (Å²) in [4.78, 5) is 29.2. The van der Waals surface area contributed by atoms with Crippen LogP contribution in [0, 0.1) is 0 Å². The number of carbonyl (C=O) groups is 2. The van der Waals surface area contributed by atoms with E-state index >= 15 is 0 Å². The molecule has 0 aliphatic carbocycles. The highest BCUT2D eigenvalue weighted by atomic mass is 32.1. The summed E-state index contributed by atoms with van der Waals surface area (Å²) in [6.45, 7) is 13.7. The number of rotatable bonds is 6. The van der Waals surface area contributed by atoms with Gasteiger partial charge >= 0.3 is 0 Å². The Balaban J connectivity index is 0.000000235. The van der Waals surface area contributed by atoms with Gasteiger partial charge in [-0.2, -0.15) is 0 Å². The molecule has 0 unspecified atom stereocenters. The summed E-state index contributed by atoms with van der Waals surface area (Å²) in [5.74, 6) is -0.509. The van der Waals surface area contributed by atoms with Crippen LogP contribution in [-0.2, 0) is 0 Å². The molecule has 1 aromatic heterocycles. The van der Waals surface area contributed by atoms with Crippen molar-refractivity contribution in [3.05, 3.63) is 77.0 Å². The van der Waals surface area contributed by atoms with Crippen LogP contribution in [0.5, 0.6) is 5.75 Å². The standard InChI is InChI=1S/C12H10N2O3S.C12H20N2/c1-7(15)10-6-18-12(13-10)14-11(17)8-3-2-4-9(16)5-8;1-4-6-12(11(3)5-2)14-9-7-13-8-10-14/h2-6,16H,1H3,(H,13,14,17);4-6,13H,2,7-10H2,1,3H3/b;6-4-,12-11+. The summed E-state index contributed by atoms with van der Waals surface area (Å²) in [5, 5.41) is 17.1. The summed E-state index contributed by atoms with van der Waals surface area (Å²) in [7, 11) is 0. The van der Waals surface area contributed by atoms with E-state index in [1.807, 2.05) is 6.08 Å². The van der Waals surface area contributed by atoms with Crippen LogP contribution in [0.3, 0.4) is 0 Å². The van der Waals surface area contributed by atoms with E-state index in [2.05, 4.69) is 53.1 Å². The summed E-state index contributed by atoms with van der Waals surface area (Å²) in [5.41, 5.74) is 3.22. The van der Waals surface area contributed by atoms with Gasteiger partial charge in [0, 0.05) is 49.7 Å². The van der Waals surface area contributed by atoms with Crippen LogP contribution in [-0.4, -0.2) is 52.9 Å². The third-order valence-electron chi connectivity index (χ3n) is 4.69. The van der Waals surface area contributed by atoms with Crippen LogP contribution in [0.2, 0.25) is 0 Å². The molecular weight excluding hydrogens is 424 g/mol. The first-order chi connectivity index (χ1) is 15.3. The molecule has 2 heterocycles. The van der Waals surface area contributed by atoms with Gasteiger partial charge in [0.05, 0.1) is 0 Å². The Hall–Kier alpha value is -3.23. The molecule has 2 aromatic rings. The number of hydrogen-bond acceptors (Lipinski definition) is 7. The maximum atomic E-state index is 11.8. The fourth-order valence-corrected chi connectivity index (χ4v) is 3.71. The molecule has 8 heteroatoms. The zero-order valence-electron chi connectivity index (χ0n) is 18.7. The first-order valence-electron chi connectivity index (χ1n) is 10.3. The van der Waals surface area contributed by atoms with Gasteiger partial charge in [-0.3, -0.25) is 14.9 Å². The molecule has 3 rings (SSSR count). The normalized spacial score (nSPS) is 14.3. The molecule has 1 saturated heterocycles. The molecular formula is C24H30N4O3S. The summed E-state index contributed by atoms with van der Waals surface area (Å²) in [6.07, 6.45) is 6.18. The lowest BCUT2D eigenvalue weighted by molar-refractivity contribution is 0.100. The van der Waals surface area contributed by atoms with Crippen molar-refractivity contribution in [3.63, 3.8) is 0 Å². The minimum atomic E-state index is -0.379. The van der Waals surface area contributed by atoms with Crippen molar-refractivity contribution in [2.45, 2.75) is 20.8 Å². The van der Waals surface area contributed by atoms with E-state index in [0.717, 1.165) is 26.2 Å². The van der Waals surface area contributed by atoms with Gasteiger partial charge in [0.1, 0.15) is 11.4 Å². The first kappa shape index (κ1) is 25.0. The molecule has 1 aromatic carbocycles. The van der Waals surface area contributed by atoms with E-state index in [4.69, 9.17) is 0 Å². The van der Waals surface area contributed by atoms with Crippen molar-refractivity contribution in [2.24, 2.45) is 0 Å². The van der Waals surface area contributed by atoms with E-state index in [1.165, 1.54) is 41.7 Å². The van der Waals surface area contributed by atoms with Gasteiger partial charge in [0.15, 0.2) is 10.9 Å². The second-order valence-electron chi connectivity index (χ2n) is 7.11. The number of nitrogens with zero attached hydrogens (tertiary/aromatic N) is 2. The van der Waals surface area contributed by atoms with E-state index < -0.39 is 0 Å². The van der Waals surface area contributed by atoms with Crippen molar-refractivity contribution >= 4 is 28.2 Å². The third kappa shape index (κ3) is 7.47. The number of phenolic OH excluding ortho intramolecular Hbond substituents is 1. The van der Waals surface area contributed by atoms with Crippen LogP contribution < -0.4 is 10.6 Å². The molecule has 0 spiro atoms. The van der Waals surface area contributed by atoms with Crippen LogP contribution in [0.15, 0.2) is 65.7 Å². The zero-order chi connectivity index (χ0) is 23.5. The minimum absolute atomic E-state index is 0.0196. The quantitative estimate of drug-likeness (QED) is 0.447. The first-order valence-corrected chi connectivity index (χ1v) is 11.2. The van der Waals surface area contributed by atoms with Crippen LogP contribution in [0.25, 0.3) is 0 Å². The van der Waals surface area contributed by atoms with Gasteiger partial charge in [-0.15, -0.1) is 11.3 Å². The molecule has 0 atom stereocenters. The number of phenols is 1. The van der Waals surface area contributed by atoms with Crippen molar-refractivity contribution < 1.29 is 14.7 Å². The Kier molecular flexibility index (Phi) is 9.84. The summed E-state index contributed by atoms with van der Waals surface area (Å²) >= 11 is 1.18. The van der Waals surface area contributed by atoms with Crippen molar-refractivity contribution in [3.8, 4) is 5.75 Å². The largest absolute Gasteiger partial charge is 0.508 e. The number of hydrogen-bond donors (Lipinski definition) is 3. The number of aromatic nitrogens is 1. The van der Waals surface area contributed by atoms with Gasteiger partial charge < -0.3 is 15.3 Å². The Morgan fingerprint density at radius 1 is 1.28 bits per heavy atom. The number of aromatic hydroxyl groups is 1. The van der Waals surface area contributed by atoms with Crippen LogP contribution >= 0.6 is 11.3 Å². The lowest BCUT2D eigenvalue weighted by Crippen LogP contribution is -2.42. The molecule has 1 aliphatic heterocycles. The fourth-order valence-electron chi connectivity index (χ4n) is 2.96. The molecule has 32 heavy (non-hydrogen) atoms. The van der Waals surface area contributed by atoms with Crippen molar-refractivity contribution in [1.82, 2.24) is 15.2 Å². The number of benzene rings is 1. The van der Waals surface area contributed by atoms with E-state index in [-0.39, 0.29) is 17.4 Å². The predicted molar refractivity (Wildman–Crippen MR) is 130 cm³/mol. The monoisotopic (exact) mass is 454 g/mol. The van der Waals surface area contributed by atoms with Crippen molar-refractivity contribution in [1.29, 1.82) is 0 Å².